The van der Waals surface area contributed by atoms with Gasteiger partial charge in [0.15, 0.2) is 0 Å². The highest BCUT2D eigenvalue weighted by Gasteiger charge is 2.41. The van der Waals surface area contributed by atoms with Crippen LogP contribution in [0.1, 0.15) is 51.9 Å². The third-order valence-corrected chi connectivity index (χ3v) is 3.83. The summed E-state index contributed by atoms with van der Waals surface area (Å²) < 4.78 is 6.22. The van der Waals surface area contributed by atoms with Gasteiger partial charge in [0.2, 0.25) is 0 Å². The Labute approximate surface area is 99.1 Å². The Hall–Kier alpha value is -0.520. The van der Waals surface area contributed by atoms with Crippen molar-refractivity contribution in [1.82, 2.24) is 5.32 Å². The lowest BCUT2D eigenvalue weighted by atomic mass is 9.98. The molecule has 2 rings (SSSR count). The van der Waals surface area contributed by atoms with Crippen LogP contribution in [-0.2, 0) is 4.74 Å². The minimum Gasteiger partial charge on any atom is -0.370 e. The number of hydrogen-bond acceptors (Lipinski definition) is 2. The summed E-state index contributed by atoms with van der Waals surface area (Å²) in [6.45, 7) is 3.89. The van der Waals surface area contributed by atoms with Gasteiger partial charge in [0, 0.05) is 19.5 Å². The summed E-state index contributed by atoms with van der Waals surface area (Å²) in [5, 5.41) is 3.44. The predicted octanol–water partition coefficient (Wildman–Crippen LogP) is 2.48. The van der Waals surface area contributed by atoms with Gasteiger partial charge >= 0.3 is 0 Å². The average molecular weight is 221 g/mol. The second-order valence-electron chi connectivity index (χ2n) is 5.05. The van der Waals surface area contributed by atoms with Crippen LogP contribution in [0.2, 0.25) is 0 Å². The minimum absolute atomic E-state index is 0.287. The van der Waals surface area contributed by atoms with Crippen molar-refractivity contribution in [3.05, 3.63) is 0 Å². The summed E-state index contributed by atoms with van der Waals surface area (Å²) in [6, 6.07) is 0. The van der Waals surface area contributed by atoms with Crippen molar-refractivity contribution in [3.63, 3.8) is 0 Å². The second-order valence-corrected chi connectivity index (χ2v) is 5.05. The molecule has 1 aliphatic heterocycles. The maximum absolute atomic E-state index is 6.22. The summed E-state index contributed by atoms with van der Waals surface area (Å²) in [7, 11) is 0. The fraction of sp³-hybridized carbons (Fsp3) is 0.857. The van der Waals surface area contributed by atoms with Gasteiger partial charge in [-0.05, 0) is 32.6 Å². The predicted molar refractivity (Wildman–Crippen MR) is 66.2 cm³/mol. The van der Waals surface area contributed by atoms with E-state index in [2.05, 4.69) is 17.2 Å². The highest BCUT2D eigenvalue weighted by Crippen LogP contribution is 2.42. The van der Waals surface area contributed by atoms with Gasteiger partial charge in [-0.15, -0.1) is 11.8 Å². The molecule has 0 aromatic rings. The molecule has 0 aromatic carbocycles. The zero-order valence-corrected chi connectivity index (χ0v) is 10.3. The van der Waals surface area contributed by atoms with Crippen LogP contribution < -0.4 is 5.32 Å². The molecule has 1 saturated carbocycles. The summed E-state index contributed by atoms with van der Waals surface area (Å²) >= 11 is 0. The van der Waals surface area contributed by atoms with E-state index in [1.165, 1.54) is 38.5 Å². The van der Waals surface area contributed by atoms with Crippen LogP contribution >= 0.6 is 0 Å². The first-order chi connectivity index (χ1) is 7.85. The molecule has 1 atom stereocenters. The Morgan fingerprint density at radius 2 is 2.12 bits per heavy atom. The average Bonchev–Trinajstić information content (AvgIpc) is 2.90. The van der Waals surface area contributed by atoms with Crippen molar-refractivity contribution in [1.29, 1.82) is 0 Å². The van der Waals surface area contributed by atoms with Gasteiger partial charge in [-0.3, -0.25) is 0 Å². The second kappa shape index (κ2) is 5.70. The molecule has 2 nitrogen and oxygen atoms in total. The fourth-order valence-electron chi connectivity index (χ4n) is 2.97. The van der Waals surface area contributed by atoms with Gasteiger partial charge in [0.05, 0.1) is 11.7 Å². The molecule has 0 amide bonds. The van der Waals surface area contributed by atoms with Crippen LogP contribution in [-0.4, -0.2) is 24.8 Å². The van der Waals surface area contributed by atoms with E-state index in [9.17, 15) is 0 Å². The molecule has 1 unspecified atom stereocenters. The van der Waals surface area contributed by atoms with Crippen molar-refractivity contribution >= 4 is 0 Å². The monoisotopic (exact) mass is 221 g/mol. The Kier molecular flexibility index (Phi) is 4.26. The molecule has 2 aliphatic rings. The van der Waals surface area contributed by atoms with Crippen molar-refractivity contribution < 1.29 is 4.74 Å². The smallest absolute Gasteiger partial charge is 0.0708 e. The summed E-state index contributed by atoms with van der Waals surface area (Å²) in [6.07, 6.45) is 9.26. The van der Waals surface area contributed by atoms with E-state index in [-0.39, 0.29) is 5.60 Å². The SMILES string of the molecule is CC#CCCNCC1CCC2(CCCC2)O1. The van der Waals surface area contributed by atoms with E-state index >= 15 is 0 Å². The fourth-order valence-corrected chi connectivity index (χ4v) is 2.97. The lowest BCUT2D eigenvalue weighted by Crippen LogP contribution is -2.31. The van der Waals surface area contributed by atoms with Crippen molar-refractivity contribution in [2.45, 2.75) is 63.6 Å². The number of ether oxygens (including phenoxy) is 1. The minimum atomic E-state index is 0.287. The van der Waals surface area contributed by atoms with Crippen molar-refractivity contribution in [2.24, 2.45) is 0 Å². The Balaban J connectivity index is 1.62. The summed E-state index contributed by atoms with van der Waals surface area (Å²) in [4.78, 5) is 0. The third kappa shape index (κ3) is 2.99. The Morgan fingerprint density at radius 1 is 1.31 bits per heavy atom. The molecule has 2 heteroatoms. The largest absolute Gasteiger partial charge is 0.370 e. The zero-order chi connectivity index (χ0) is 11.3. The molecule has 90 valence electrons. The lowest BCUT2D eigenvalue weighted by molar-refractivity contribution is -0.0349. The molecule has 1 aliphatic carbocycles. The van der Waals surface area contributed by atoms with E-state index in [0.29, 0.717) is 6.10 Å². The van der Waals surface area contributed by atoms with Gasteiger partial charge in [-0.2, -0.15) is 0 Å². The number of rotatable bonds is 4. The van der Waals surface area contributed by atoms with Crippen molar-refractivity contribution in [3.8, 4) is 11.8 Å². The van der Waals surface area contributed by atoms with E-state index in [1.807, 2.05) is 6.92 Å². The molecule has 1 heterocycles. The molecule has 16 heavy (non-hydrogen) atoms. The molecule has 1 N–H and O–H groups in total. The van der Waals surface area contributed by atoms with Crippen LogP contribution in [0.15, 0.2) is 0 Å². The molecule has 0 radical (unpaired) electrons. The van der Waals surface area contributed by atoms with E-state index < -0.39 is 0 Å². The van der Waals surface area contributed by atoms with Crippen LogP contribution in [0.25, 0.3) is 0 Å². The number of hydrogen-bond donors (Lipinski definition) is 1. The molecule has 2 fully saturated rings. The van der Waals surface area contributed by atoms with Gasteiger partial charge in [0.25, 0.3) is 0 Å². The summed E-state index contributed by atoms with van der Waals surface area (Å²) in [5.74, 6) is 5.98. The van der Waals surface area contributed by atoms with Gasteiger partial charge in [-0.1, -0.05) is 12.8 Å². The highest BCUT2D eigenvalue weighted by atomic mass is 16.5. The topological polar surface area (TPSA) is 21.3 Å². The maximum Gasteiger partial charge on any atom is 0.0708 e. The number of nitrogens with one attached hydrogen (secondary N) is 1. The standard InChI is InChI=1S/C14H23NO/c1-2-3-6-11-15-12-13-7-10-14(16-13)8-4-5-9-14/h13,15H,4-12H2,1H3. The van der Waals surface area contributed by atoms with Gasteiger partial charge in [0.1, 0.15) is 0 Å². The van der Waals surface area contributed by atoms with Crippen LogP contribution in [0, 0.1) is 11.8 Å². The van der Waals surface area contributed by atoms with E-state index in [1.54, 1.807) is 0 Å². The zero-order valence-electron chi connectivity index (χ0n) is 10.3. The molecule has 0 aromatic heterocycles. The molecule has 0 bridgehead atoms. The molecular weight excluding hydrogens is 198 g/mol. The highest BCUT2D eigenvalue weighted by molar-refractivity contribution is 4.96. The lowest BCUT2D eigenvalue weighted by Gasteiger charge is -2.23. The van der Waals surface area contributed by atoms with Gasteiger partial charge in [-0.25, -0.2) is 0 Å². The van der Waals surface area contributed by atoms with Crippen molar-refractivity contribution in [2.75, 3.05) is 13.1 Å². The molecule has 1 spiro atoms. The first-order valence-corrected chi connectivity index (χ1v) is 6.63. The molecule has 1 saturated heterocycles. The van der Waals surface area contributed by atoms with Crippen LogP contribution in [0.4, 0.5) is 0 Å². The summed E-state index contributed by atoms with van der Waals surface area (Å²) in [5.41, 5.74) is 0.287. The Bertz CT molecular complexity index is 270. The third-order valence-electron chi connectivity index (χ3n) is 3.83. The van der Waals surface area contributed by atoms with Crippen LogP contribution in [0.5, 0.6) is 0 Å². The van der Waals surface area contributed by atoms with Gasteiger partial charge < -0.3 is 10.1 Å². The maximum atomic E-state index is 6.22. The van der Waals surface area contributed by atoms with E-state index in [4.69, 9.17) is 4.74 Å². The van der Waals surface area contributed by atoms with Crippen LogP contribution in [0.3, 0.4) is 0 Å². The first-order valence-electron chi connectivity index (χ1n) is 6.63. The normalized spacial score (nSPS) is 26.9. The molecular formula is C14H23NO. The Morgan fingerprint density at radius 3 is 2.88 bits per heavy atom. The quantitative estimate of drug-likeness (QED) is 0.581. The van der Waals surface area contributed by atoms with E-state index in [0.717, 1.165) is 19.5 Å². The first kappa shape index (κ1) is 12.0.